The molecule has 2 heteroatoms. The van der Waals surface area contributed by atoms with Crippen LogP contribution in [0.5, 0.6) is 0 Å². The first-order valence-corrected chi connectivity index (χ1v) is 4.77. The van der Waals surface area contributed by atoms with Crippen LogP contribution in [0.15, 0.2) is 27.8 Å². The van der Waals surface area contributed by atoms with Crippen molar-refractivity contribution in [2.45, 2.75) is 20.3 Å². The highest BCUT2D eigenvalue weighted by molar-refractivity contribution is 6.04. The molecule has 0 aliphatic carbocycles. The first-order valence-electron chi connectivity index (χ1n) is 4.77. The molecule has 0 fully saturated rings. The molecule has 2 aliphatic rings. The highest BCUT2D eigenvalue weighted by Crippen LogP contribution is 2.26. The quantitative estimate of drug-likeness (QED) is 0.601. The lowest BCUT2D eigenvalue weighted by Crippen LogP contribution is -2.09. The Morgan fingerprint density at radius 1 is 1.38 bits per heavy atom. The zero-order valence-corrected chi connectivity index (χ0v) is 8.26. The van der Waals surface area contributed by atoms with Crippen molar-refractivity contribution in [1.29, 1.82) is 0 Å². The van der Waals surface area contributed by atoms with Crippen LogP contribution in [-0.2, 0) is 4.74 Å². The maximum absolute atomic E-state index is 5.29. The van der Waals surface area contributed by atoms with Gasteiger partial charge in [0.25, 0.3) is 0 Å². The predicted octanol–water partition coefficient (Wildman–Crippen LogP) is 2.12. The second-order valence-electron chi connectivity index (χ2n) is 3.61. The average molecular weight is 177 g/mol. The van der Waals surface area contributed by atoms with Crippen LogP contribution in [0.1, 0.15) is 20.3 Å². The van der Waals surface area contributed by atoms with E-state index < -0.39 is 0 Å². The zero-order chi connectivity index (χ0) is 9.26. The van der Waals surface area contributed by atoms with Crippen molar-refractivity contribution in [3.63, 3.8) is 0 Å². The molecule has 0 saturated heterocycles. The fourth-order valence-corrected chi connectivity index (χ4v) is 1.96. The Morgan fingerprint density at radius 2 is 2.23 bits per heavy atom. The maximum Gasteiger partial charge on any atom is 0.0653 e. The summed E-state index contributed by atoms with van der Waals surface area (Å²) in [6.45, 7) is 6.78. The minimum Gasteiger partial charge on any atom is -0.377 e. The van der Waals surface area contributed by atoms with Gasteiger partial charge in [-0.2, -0.15) is 0 Å². The molecule has 13 heavy (non-hydrogen) atoms. The van der Waals surface area contributed by atoms with Crippen molar-refractivity contribution in [3.05, 3.63) is 22.8 Å². The van der Waals surface area contributed by atoms with Crippen LogP contribution in [0.2, 0.25) is 0 Å². The van der Waals surface area contributed by atoms with Crippen LogP contribution < -0.4 is 0 Å². The highest BCUT2D eigenvalue weighted by atomic mass is 16.5. The predicted molar refractivity (Wildman–Crippen MR) is 54.2 cm³/mol. The number of allylic oxidation sites excluding steroid dienone is 1. The van der Waals surface area contributed by atoms with Gasteiger partial charge in [0.05, 0.1) is 19.8 Å². The number of hydrogen-bond donors (Lipinski definition) is 0. The van der Waals surface area contributed by atoms with Crippen molar-refractivity contribution >= 4 is 5.71 Å². The van der Waals surface area contributed by atoms with E-state index in [1.807, 2.05) is 0 Å². The third-order valence-corrected chi connectivity index (χ3v) is 2.63. The fraction of sp³-hybridized carbons (Fsp3) is 0.545. The summed E-state index contributed by atoms with van der Waals surface area (Å²) < 4.78 is 5.29. The molecule has 0 saturated carbocycles. The number of ether oxygens (including phenoxy) is 1. The molecule has 70 valence electrons. The van der Waals surface area contributed by atoms with Gasteiger partial charge in [-0.25, -0.2) is 0 Å². The summed E-state index contributed by atoms with van der Waals surface area (Å²) in [5.41, 5.74) is 5.43. The molecule has 0 bridgehead atoms. The standard InChI is InChI=1S/C11H15NO/c1-8-7-12-9(2)11(8)10-3-5-13-6-4-10/h3H,4-7H2,1-2H3. The first kappa shape index (κ1) is 8.70. The topological polar surface area (TPSA) is 21.6 Å². The average Bonchev–Trinajstić information content (AvgIpc) is 2.48. The summed E-state index contributed by atoms with van der Waals surface area (Å²) in [6.07, 6.45) is 3.23. The number of nitrogens with zero attached hydrogens (tertiary/aromatic N) is 1. The van der Waals surface area contributed by atoms with E-state index in [0.29, 0.717) is 0 Å². The summed E-state index contributed by atoms with van der Waals surface area (Å²) in [7, 11) is 0. The molecular formula is C11H15NO. The second kappa shape index (κ2) is 3.46. The molecule has 2 aliphatic heterocycles. The molecule has 0 N–H and O–H groups in total. The lowest BCUT2D eigenvalue weighted by atomic mass is 9.95. The molecule has 0 aromatic carbocycles. The second-order valence-corrected chi connectivity index (χ2v) is 3.61. The van der Waals surface area contributed by atoms with Gasteiger partial charge in [0, 0.05) is 5.71 Å². The van der Waals surface area contributed by atoms with Crippen molar-refractivity contribution in [2.24, 2.45) is 4.99 Å². The summed E-state index contributed by atoms with van der Waals surface area (Å²) in [4.78, 5) is 4.43. The van der Waals surface area contributed by atoms with Crippen molar-refractivity contribution in [2.75, 3.05) is 19.8 Å². The van der Waals surface area contributed by atoms with Crippen LogP contribution in [-0.4, -0.2) is 25.5 Å². The largest absolute Gasteiger partial charge is 0.377 e. The number of rotatable bonds is 1. The fourth-order valence-electron chi connectivity index (χ4n) is 1.96. The Labute approximate surface area is 79.0 Å². The lowest BCUT2D eigenvalue weighted by Gasteiger charge is -2.15. The van der Waals surface area contributed by atoms with E-state index in [2.05, 4.69) is 24.9 Å². The van der Waals surface area contributed by atoms with Gasteiger partial charge in [0.2, 0.25) is 0 Å². The minimum absolute atomic E-state index is 0.763. The molecule has 2 nitrogen and oxygen atoms in total. The van der Waals surface area contributed by atoms with E-state index in [-0.39, 0.29) is 0 Å². The summed E-state index contributed by atoms with van der Waals surface area (Å²) >= 11 is 0. The van der Waals surface area contributed by atoms with Gasteiger partial charge in [-0.15, -0.1) is 0 Å². The van der Waals surface area contributed by atoms with Crippen molar-refractivity contribution in [3.8, 4) is 0 Å². The number of aliphatic imine (C=N–C) groups is 1. The van der Waals surface area contributed by atoms with Gasteiger partial charge >= 0.3 is 0 Å². The molecule has 0 spiro atoms. The van der Waals surface area contributed by atoms with E-state index in [4.69, 9.17) is 4.74 Å². The normalized spacial score (nSPS) is 23.2. The molecule has 0 aromatic rings. The molecule has 0 radical (unpaired) electrons. The van der Waals surface area contributed by atoms with E-state index in [9.17, 15) is 0 Å². The van der Waals surface area contributed by atoms with Crippen LogP contribution in [0, 0.1) is 0 Å². The van der Waals surface area contributed by atoms with Crippen LogP contribution >= 0.6 is 0 Å². The SMILES string of the molecule is CC1=NCC(C)=C1C1=CCOCC1. The molecule has 0 unspecified atom stereocenters. The first-order chi connectivity index (χ1) is 6.29. The Morgan fingerprint density at radius 3 is 2.77 bits per heavy atom. The van der Waals surface area contributed by atoms with Crippen LogP contribution in [0.4, 0.5) is 0 Å². The van der Waals surface area contributed by atoms with Gasteiger partial charge in [0.15, 0.2) is 0 Å². The minimum atomic E-state index is 0.763. The van der Waals surface area contributed by atoms with E-state index in [1.54, 1.807) is 0 Å². The molecule has 0 aromatic heterocycles. The zero-order valence-electron chi connectivity index (χ0n) is 8.26. The molecule has 2 rings (SSSR count). The third kappa shape index (κ3) is 1.59. The summed E-state index contributed by atoms with van der Waals surface area (Å²) in [5, 5.41) is 0. The maximum atomic E-state index is 5.29. The van der Waals surface area contributed by atoms with E-state index in [0.717, 1.165) is 26.2 Å². The molecule has 0 atom stereocenters. The summed E-state index contributed by atoms with van der Waals surface area (Å²) in [5.74, 6) is 0. The number of hydrogen-bond acceptors (Lipinski definition) is 2. The molecule has 0 amide bonds. The molecule has 2 heterocycles. The Kier molecular flexibility index (Phi) is 2.32. The Balaban J connectivity index is 2.29. The monoisotopic (exact) mass is 177 g/mol. The smallest absolute Gasteiger partial charge is 0.0653 e. The summed E-state index contributed by atoms with van der Waals surface area (Å²) in [6, 6.07) is 0. The van der Waals surface area contributed by atoms with Crippen LogP contribution in [0.25, 0.3) is 0 Å². The van der Waals surface area contributed by atoms with Crippen LogP contribution in [0.3, 0.4) is 0 Å². The van der Waals surface area contributed by atoms with Gasteiger partial charge in [-0.05, 0) is 37.0 Å². The Hall–Kier alpha value is -0.890. The van der Waals surface area contributed by atoms with Crippen molar-refractivity contribution < 1.29 is 4.74 Å². The molecular weight excluding hydrogens is 162 g/mol. The van der Waals surface area contributed by atoms with Gasteiger partial charge in [-0.1, -0.05) is 6.08 Å². The van der Waals surface area contributed by atoms with Crippen molar-refractivity contribution in [1.82, 2.24) is 0 Å². The van der Waals surface area contributed by atoms with Gasteiger partial charge in [-0.3, -0.25) is 4.99 Å². The lowest BCUT2D eigenvalue weighted by molar-refractivity contribution is 0.155. The van der Waals surface area contributed by atoms with E-state index >= 15 is 0 Å². The van der Waals surface area contributed by atoms with Gasteiger partial charge < -0.3 is 4.74 Å². The van der Waals surface area contributed by atoms with E-state index in [1.165, 1.54) is 22.4 Å². The third-order valence-electron chi connectivity index (χ3n) is 2.63. The van der Waals surface area contributed by atoms with Gasteiger partial charge in [0.1, 0.15) is 0 Å². The highest BCUT2D eigenvalue weighted by Gasteiger charge is 2.17. The Bertz CT molecular complexity index is 310.